The third kappa shape index (κ3) is 3.83. The van der Waals surface area contributed by atoms with E-state index in [0.29, 0.717) is 17.8 Å². The summed E-state index contributed by atoms with van der Waals surface area (Å²) in [6.45, 7) is 0.699. The summed E-state index contributed by atoms with van der Waals surface area (Å²) >= 11 is 1.57. The van der Waals surface area contributed by atoms with Gasteiger partial charge in [0.15, 0.2) is 0 Å². The lowest BCUT2D eigenvalue weighted by atomic mass is 10.1. The topological polar surface area (TPSA) is 49.4 Å². The Bertz CT molecular complexity index is 991. The van der Waals surface area contributed by atoms with Gasteiger partial charge in [0.1, 0.15) is 0 Å². The maximum absolute atomic E-state index is 12.8. The molecule has 3 aromatic rings. The van der Waals surface area contributed by atoms with Crippen molar-refractivity contribution in [3.8, 4) is 0 Å². The van der Waals surface area contributed by atoms with Gasteiger partial charge in [0, 0.05) is 34.4 Å². The zero-order valence-corrected chi connectivity index (χ0v) is 15.4. The van der Waals surface area contributed by atoms with Crippen molar-refractivity contribution in [3.05, 3.63) is 88.1 Å². The van der Waals surface area contributed by atoms with Gasteiger partial charge < -0.3 is 10.2 Å². The van der Waals surface area contributed by atoms with Gasteiger partial charge in [-0.25, -0.2) is 0 Å². The van der Waals surface area contributed by atoms with Crippen molar-refractivity contribution < 1.29 is 9.59 Å². The summed E-state index contributed by atoms with van der Waals surface area (Å²) in [5, 5.41) is 4.77. The minimum absolute atomic E-state index is 0.0181. The van der Waals surface area contributed by atoms with Gasteiger partial charge in [0.05, 0.1) is 0 Å². The smallest absolute Gasteiger partial charge is 0.258 e. The van der Waals surface area contributed by atoms with Crippen LogP contribution in [0.1, 0.15) is 20.8 Å². The normalized spacial score (nSPS) is 13.0. The third-order valence-corrected chi connectivity index (χ3v) is 5.31. The average Bonchev–Trinajstić information content (AvgIpc) is 3.36. The SMILES string of the molecule is O=C(/C=C/c1cccs1)Nc1ccc(C(=O)N2CCc3ccccc32)cc1. The van der Waals surface area contributed by atoms with Crippen LogP contribution >= 0.6 is 11.3 Å². The van der Waals surface area contributed by atoms with Gasteiger partial charge >= 0.3 is 0 Å². The quantitative estimate of drug-likeness (QED) is 0.679. The predicted molar refractivity (Wildman–Crippen MR) is 110 cm³/mol. The fourth-order valence-electron chi connectivity index (χ4n) is 3.13. The molecule has 2 heterocycles. The average molecular weight is 374 g/mol. The third-order valence-electron chi connectivity index (χ3n) is 4.47. The number of thiophene rings is 1. The van der Waals surface area contributed by atoms with Crippen LogP contribution in [0.5, 0.6) is 0 Å². The van der Waals surface area contributed by atoms with E-state index in [9.17, 15) is 9.59 Å². The molecule has 4 nitrogen and oxygen atoms in total. The summed E-state index contributed by atoms with van der Waals surface area (Å²) in [7, 11) is 0. The lowest BCUT2D eigenvalue weighted by molar-refractivity contribution is -0.111. The number of carbonyl (C=O) groups excluding carboxylic acids is 2. The van der Waals surface area contributed by atoms with E-state index in [0.717, 1.165) is 17.0 Å². The molecule has 1 N–H and O–H groups in total. The van der Waals surface area contributed by atoms with Gasteiger partial charge in [0.2, 0.25) is 5.91 Å². The number of hydrogen-bond donors (Lipinski definition) is 1. The molecule has 2 aromatic carbocycles. The molecule has 1 aliphatic heterocycles. The maximum atomic E-state index is 12.8. The first-order valence-electron chi connectivity index (χ1n) is 8.73. The summed E-state index contributed by atoms with van der Waals surface area (Å²) in [5.41, 5.74) is 3.46. The van der Waals surface area contributed by atoms with Gasteiger partial charge in [-0.15, -0.1) is 11.3 Å². The van der Waals surface area contributed by atoms with E-state index in [-0.39, 0.29) is 11.8 Å². The Morgan fingerprint density at radius 3 is 2.59 bits per heavy atom. The number of rotatable bonds is 4. The standard InChI is InChI=1S/C22H18N2O2S/c25-21(12-11-19-5-3-15-27-19)23-18-9-7-17(8-10-18)22(26)24-14-13-16-4-1-2-6-20(16)24/h1-12,15H,13-14H2,(H,23,25)/b12-11+. The molecule has 0 atom stereocenters. The number of carbonyl (C=O) groups is 2. The first-order chi connectivity index (χ1) is 13.2. The number of fused-ring (bicyclic) bond motifs is 1. The zero-order valence-electron chi connectivity index (χ0n) is 14.6. The van der Waals surface area contributed by atoms with E-state index >= 15 is 0 Å². The predicted octanol–water partition coefficient (Wildman–Crippen LogP) is 4.60. The Balaban J connectivity index is 1.42. The van der Waals surface area contributed by atoms with Crippen molar-refractivity contribution >= 4 is 40.6 Å². The Hall–Kier alpha value is -3.18. The number of hydrogen-bond acceptors (Lipinski definition) is 3. The zero-order chi connectivity index (χ0) is 18.6. The summed E-state index contributed by atoms with van der Waals surface area (Å²) in [4.78, 5) is 27.6. The van der Waals surface area contributed by atoms with Crippen LogP contribution < -0.4 is 10.2 Å². The molecule has 0 aliphatic carbocycles. The monoisotopic (exact) mass is 374 g/mol. The first-order valence-corrected chi connectivity index (χ1v) is 9.61. The Labute approximate surface area is 161 Å². The molecular weight excluding hydrogens is 356 g/mol. The van der Waals surface area contributed by atoms with Crippen LogP contribution in [0.3, 0.4) is 0 Å². The lowest BCUT2D eigenvalue weighted by Gasteiger charge is -2.17. The molecule has 0 spiro atoms. The molecular formula is C22H18N2O2S. The molecule has 0 fully saturated rings. The molecule has 0 saturated heterocycles. The fraction of sp³-hybridized carbons (Fsp3) is 0.0909. The van der Waals surface area contributed by atoms with Crippen molar-refractivity contribution in [2.45, 2.75) is 6.42 Å². The number of amides is 2. The van der Waals surface area contributed by atoms with E-state index in [1.165, 1.54) is 11.6 Å². The van der Waals surface area contributed by atoms with E-state index in [2.05, 4.69) is 11.4 Å². The van der Waals surface area contributed by atoms with Crippen LogP contribution in [0.15, 0.2) is 72.1 Å². The Kier molecular flexibility index (Phi) is 4.85. The van der Waals surface area contributed by atoms with Crippen LogP contribution in [0.4, 0.5) is 11.4 Å². The lowest BCUT2D eigenvalue weighted by Crippen LogP contribution is -2.28. The Morgan fingerprint density at radius 1 is 1.00 bits per heavy atom. The van der Waals surface area contributed by atoms with Crippen LogP contribution in [-0.4, -0.2) is 18.4 Å². The second-order valence-electron chi connectivity index (χ2n) is 6.25. The molecule has 0 bridgehead atoms. The maximum Gasteiger partial charge on any atom is 0.258 e. The highest BCUT2D eigenvalue weighted by Gasteiger charge is 2.24. The summed E-state index contributed by atoms with van der Waals surface area (Å²) < 4.78 is 0. The molecule has 27 heavy (non-hydrogen) atoms. The second-order valence-corrected chi connectivity index (χ2v) is 7.23. The highest BCUT2D eigenvalue weighted by atomic mass is 32.1. The van der Waals surface area contributed by atoms with Gasteiger partial charge in [-0.2, -0.15) is 0 Å². The number of benzene rings is 2. The van der Waals surface area contributed by atoms with Crippen molar-refractivity contribution in [2.24, 2.45) is 0 Å². The molecule has 0 saturated carbocycles. The minimum atomic E-state index is -0.198. The van der Waals surface area contributed by atoms with E-state index in [4.69, 9.17) is 0 Å². The molecule has 1 aliphatic rings. The van der Waals surface area contributed by atoms with Crippen molar-refractivity contribution in [1.82, 2.24) is 0 Å². The summed E-state index contributed by atoms with van der Waals surface area (Å²) in [5.74, 6) is -0.216. The largest absolute Gasteiger partial charge is 0.323 e. The fourth-order valence-corrected chi connectivity index (χ4v) is 3.75. The van der Waals surface area contributed by atoms with Gasteiger partial charge in [0.25, 0.3) is 5.91 Å². The number of anilines is 2. The summed E-state index contributed by atoms with van der Waals surface area (Å²) in [6.07, 6.45) is 4.17. The molecule has 1 aromatic heterocycles. The second kappa shape index (κ2) is 7.60. The van der Waals surface area contributed by atoms with Crippen LogP contribution in [-0.2, 0) is 11.2 Å². The van der Waals surface area contributed by atoms with Crippen LogP contribution in [0, 0.1) is 0 Å². The number of nitrogens with zero attached hydrogens (tertiary/aromatic N) is 1. The van der Waals surface area contributed by atoms with Crippen molar-refractivity contribution in [3.63, 3.8) is 0 Å². The molecule has 134 valence electrons. The molecule has 2 amide bonds. The molecule has 4 rings (SSSR count). The highest BCUT2D eigenvalue weighted by molar-refractivity contribution is 7.10. The first kappa shape index (κ1) is 17.2. The van der Waals surface area contributed by atoms with Gasteiger partial charge in [-0.3, -0.25) is 9.59 Å². The van der Waals surface area contributed by atoms with Crippen LogP contribution in [0.2, 0.25) is 0 Å². The number of nitrogens with one attached hydrogen (secondary N) is 1. The molecule has 0 radical (unpaired) electrons. The van der Waals surface area contributed by atoms with Crippen molar-refractivity contribution in [1.29, 1.82) is 0 Å². The van der Waals surface area contributed by atoms with E-state index in [1.54, 1.807) is 41.7 Å². The van der Waals surface area contributed by atoms with E-state index in [1.807, 2.05) is 40.6 Å². The van der Waals surface area contributed by atoms with Gasteiger partial charge in [-0.1, -0.05) is 24.3 Å². The van der Waals surface area contributed by atoms with Crippen molar-refractivity contribution in [2.75, 3.05) is 16.8 Å². The summed E-state index contributed by atoms with van der Waals surface area (Å²) in [6, 6.07) is 18.9. The Morgan fingerprint density at radius 2 is 1.81 bits per heavy atom. The van der Waals surface area contributed by atoms with E-state index < -0.39 is 0 Å². The number of para-hydroxylation sites is 1. The van der Waals surface area contributed by atoms with Crippen LogP contribution in [0.25, 0.3) is 6.08 Å². The van der Waals surface area contributed by atoms with Gasteiger partial charge in [-0.05, 0) is 59.8 Å². The molecule has 0 unspecified atom stereocenters. The minimum Gasteiger partial charge on any atom is -0.323 e. The highest BCUT2D eigenvalue weighted by Crippen LogP contribution is 2.29. The molecule has 5 heteroatoms.